The fourth-order valence-electron chi connectivity index (χ4n) is 3.24. The number of nitrogens with one attached hydrogen (secondary N) is 1. The Kier molecular flexibility index (Phi) is 5.30. The summed E-state index contributed by atoms with van der Waals surface area (Å²) in [7, 11) is 0. The van der Waals surface area contributed by atoms with Gasteiger partial charge in [0.25, 0.3) is 17.7 Å². The van der Waals surface area contributed by atoms with E-state index < -0.39 is 0 Å². The third-order valence-electron chi connectivity index (χ3n) is 4.77. The van der Waals surface area contributed by atoms with Crippen molar-refractivity contribution in [2.24, 2.45) is 0 Å². The van der Waals surface area contributed by atoms with Crippen LogP contribution in [0.1, 0.15) is 44.4 Å². The average Bonchev–Trinajstić information content (AvgIpc) is 3.03. The first-order valence-corrected chi connectivity index (χ1v) is 9.70. The number of carbonyl (C=O) groups is 3. The van der Waals surface area contributed by atoms with Crippen LogP contribution in [0.15, 0.2) is 72.8 Å². The minimum atomic E-state index is -0.349. The number of ether oxygens (including phenoxy) is 1. The zero-order valence-corrected chi connectivity index (χ0v) is 16.4. The summed E-state index contributed by atoms with van der Waals surface area (Å²) in [6.45, 7) is 2.66. The Morgan fingerprint density at radius 2 is 1.47 bits per heavy atom. The molecule has 0 spiro atoms. The van der Waals surface area contributed by atoms with E-state index in [0.717, 1.165) is 17.1 Å². The molecule has 0 saturated carbocycles. The molecular weight excluding hydrogens is 380 g/mol. The predicted octanol–water partition coefficient (Wildman–Crippen LogP) is 4.53. The van der Waals surface area contributed by atoms with Gasteiger partial charge in [-0.2, -0.15) is 0 Å². The molecule has 0 aliphatic carbocycles. The van der Waals surface area contributed by atoms with Crippen LogP contribution in [0.4, 0.5) is 11.4 Å². The maximum atomic E-state index is 12.6. The van der Waals surface area contributed by atoms with E-state index in [4.69, 9.17) is 4.74 Å². The number of imide groups is 1. The lowest BCUT2D eigenvalue weighted by atomic mass is 10.1. The molecule has 0 bridgehead atoms. The Morgan fingerprint density at radius 1 is 0.867 bits per heavy atom. The first kappa shape index (κ1) is 19.4. The molecule has 0 saturated heterocycles. The second-order valence-electron chi connectivity index (χ2n) is 6.87. The lowest BCUT2D eigenvalue weighted by Crippen LogP contribution is -2.29. The van der Waals surface area contributed by atoms with Gasteiger partial charge in [0.2, 0.25) is 0 Å². The normalized spacial score (nSPS) is 12.6. The molecule has 30 heavy (non-hydrogen) atoms. The smallest absolute Gasteiger partial charge is 0.266 e. The predicted molar refractivity (Wildman–Crippen MR) is 114 cm³/mol. The molecule has 4 rings (SSSR count). The number of carbonyl (C=O) groups excluding carboxylic acids is 3. The topological polar surface area (TPSA) is 75.7 Å². The van der Waals surface area contributed by atoms with E-state index in [2.05, 4.69) is 5.32 Å². The summed E-state index contributed by atoms with van der Waals surface area (Å²) in [4.78, 5) is 38.8. The quantitative estimate of drug-likeness (QED) is 0.617. The first-order chi connectivity index (χ1) is 14.6. The van der Waals surface area contributed by atoms with Crippen LogP contribution in [0, 0.1) is 0 Å². The molecule has 1 heterocycles. The van der Waals surface area contributed by atoms with Crippen molar-refractivity contribution in [3.63, 3.8) is 0 Å². The van der Waals surface area contributed by atoms with Crippen molar-refractivity contribution < 1.29 is 19.1 Å². The number of amides is 3. The highest BCUT2D eigenvalue weighted by Crippen LogP contribution is 2.29. The second-order valence-corrected chi connectivity index (χ2v) is 6.87. The highest BCUT2D eigenvalue weighted by atomic mass is 16.5. The van der Waals surface area contributed by atoms with Gasteiger partial charge < -0.3 is 10.1 Å². The number of anilines is 2. The number of fused-ring (bicyclic) bond motifs is 1. The van der Waals surface area contributed by atoms with E-state index in [1.54, 1.807) is 72.8 Å². The lowest BCUT2D eigenvalue weighted by Gasteiger charge is -2.14. The Balaban J connectivity index is 1.45. The standard InChI is InChI=1S/C24H20N2O4/c1-2-15-30-19-13-7-16(8-14-19)22(27)25-17-9-11-18(12-10-17)26-23(28)20-5-3-4-6-21(20)24(26)29/h3-14H,2,15H2,1H3,(H,25,27). The largest absolute Gasteiger partial charge is 0.494 e. The van der Waals surface area contributed by atoms with Crippen LogP contribution in [0.25, 0.3) is 0 Å². The molecule has 150 valence electrons. The van der Waals surface area contributed by atoms with Crippen molar-refractivity contribution in [1.82, 2.24) is 0 Å². The number of benzene rings is 3. The first-order valence-electron chi connectivity index (χ1n) is 9.70. The zero-order valence-electron chi connectivity index (χ0n) is 16.4. The number of rotatable bonds is 6. The minimum Gasteiger partial charge on any atom is -0.494 e. The molecule has 0 fully saturated rings. The molecule has 0 aromatic heterocycles. The Hall–Kier alpha value is -3.93. The van der Waals surface area contributed by atoms with Crippen LogP contribution in [0.5, 0.6) is 5.75 Å². The summed E-state index contributed by atoms with van der Waals surface area (Å²) >= 11 is 0. The molecule has 6 nitrogen and oxygen atoms in total. The van der Waals surface area contributed by atoms with E-state index in [1.165, 1.54) is 0 Å². The Bertz CT molecular complexity index is 1070. The second kappa shape index (κ2) is 8.21. The van der Waals surface area contributed by atoms with Gasteiger partial charge in [0.15, 0.2) is 0 Å². The van der Waals surface area contributed by atoms with Gasteiger partial charge in [-0.05, 0) is 67.1 Å². The third kappa shape index (κ3) is 3.67. The molecule has 3 amide bonds. The van der Waals surface area contributed by atoms with E-state index in [-0.39, 0.29) is 17.7 Å². The molecule has 3 aromatic carbocycles. The maximum Gasteiger partial charge on any atom is 0.266 e. The highest BCUT2D eigenvalue weighted by molar-refractivity contribution is 6.34. The zero-order chi connectivity index (χ0) is 21.1. The van der Waals surface area contributed by atoms with Crippen LogP contribution in [-0.4, -0.2) is 24.3 Å². The summed E-state index contributed by atoms with van der Waals surface area (Å²) < 4.78 is 5.52. The summed E-state index contributed by atoms with van der Waals surface area (Å²) in [6.07, 6.45) is 0.916. The summed E-state index contributed by atoms with van der Waals surface area (Å²) in [5.74, 6) is -0.236. The van der Waals surface area contributed by atoms with E-state index in [1.807, 2.05) is 6.92 Å². The number of nitrogens with zero attached hydrogens (tertiary/aromatic N) is 1. The van der Waals surface area contributed by atoms with Crippen LogP contribution in [0.3, 0.4) is 0 Å². The van der Waals surface area contributed by atoms with Crippen LogP contribution in [0.2, 0.25) is 0 Å². The van der Waals surface area contributed by atoms with Crippen molar-refractivity contribution in [2.75, 3.05) is 16.8 Å². The van der Waals surface area contributed by atoms with Gasteiger partial charge in [-0.1, -0.05) is 19.1 Å². The maximum absolute atomic E-state index is 12.6. The van der Waals surface area contributed by atoms with Gasteiger partial charge in [0.1, 0.15) is 5.75 Å². The summed E-state index contributed by atoms with van der Waals surface area (Å²) in [5, 5.41) is 2.81. The number of hydrogen-bond donors (Lipinski definition) is 1. The molecule has 0 unspecified atom stereocenters. The van der Waals surface area contributed by atoms with Crippen molar-refractivity contribution in [3.8, 4) is 5.75 Å². The fraction of sp³-hybridized carbons (Fsp3) is 0.125. The van der Waals surface area contributed by atoms with E-state index in [9.17, 15) is 14.4 Å². The Morgan fingerprint density at radius 3 is 2.03 bits per heavy atom. The summed E-state index contributed by atoms with van der Waals surface area (Å²) in [5.41, 5.74) is 2.31. The van der Waals surface area contributed by atoms with E-state index in [0.29, 0.717) is 34.7 Å². The van der Waals surface area contributed by atoms with Crippen LogP contribution >= 0.6 is 0 Å². The average molecular weight is 400 g/mol. The molecule has 1 N–H and O–H groups in total. The highest BCUT2D eigenvalue weighted by Gasteiger charge is 2.36. The van der Waals surface area contributed by atoms with Gasteiger partial charge in [0.05, 0.1) is 23.4 Å². The molecular formula is C24H20N2O4. The molecule has 1 aliphatic rings. The van der Waals surface area contributed by atoms with Gasteiger partial charge in [-0.15, -0.1) is 0 Å². The lowest BCUT2D eigenvalue weighted by molar-refractivity contribution is 0.0924. The summed E-state index contributed by atoms with van der Waals surface area (Å²) in [6, 6.07) is 20.3. The van der Waals surface area contributed by atoms with Crippen molar-refractivity contribution >= 4 is 29.1 Å². The number of hydrogen-bond acceptors (Lipinski definition) is 4. The van der Waals surface area contributed by atoms with Crippen LogP contribution < -0.4 is 15.0 Å². The minimum absolute atomic E-state index is 0.259. The van der Waals surface area contributed by atoms with Gasteiger partial charge in [0, 0.05) is 11.3 Å². The van der Waals surface area contributed by atoms with Crippen molar-refractivity contribution in [2.45, 2.75) is 13.3 Å². The van der Waals surface area contributed by atoms with E-state index >= 15 is 0 Å². The SMILES string of the molecule is CCCOc1ccc(C(=O)Nc2ccc(N3C(=O)c4ccccc4C3=O)cc2)cc1. The molecule has 1 aliphatic heterocycles. The monoisotopic (exact) mass is 400 g/mol. The van der Waals surface area contributed by atoms with Gasteiger partial charge in [-0.25, -0.2) is 4.90 Å². The molecule has 6 heteroatoms. The molecule has 0 radical (unpaired) electrons. The third-order valence-corrected chi connectivity index (χ3v) is 4.77. The van der Waals surface area contributed by atoms with Crippen molar-refractivity contribution in [3.05, 3.63) is 89.5 Å². The van der Waals surface area contributed by atoms with Gasteiger partial charge in [-0.3, -0.25) is 14.4 Å². The Labute approximate surface area is 174 Å². The van der Waals surface area contributed by atoms with Crippen LogP contribution in [-0.2, 0) is 0 Å². The molecule has 0 atom stereocenters. The van der Waals surface area contributed by atoms with Gasteiger partial charge >= 0.3 is 0 Å². The van der Waals surface area contributed by atoms with Crippen molar-refractivity contribution in [1.29, 1.82) is 0 Å². The fourth-order valence-corrected chi connectivity index (χ4v) is 3.24. The molecule has 3 aromatic rings.